The van der Waals surface area contributed by atoms with E-state index in [1.807, 2.05) is 30.3 Å². The Bertz CT molecular complexity index is 941. The fourth-order valence-electron chi connectivity index (χ4n) is 3.66. The van der Waals surface area contributed by atoms with Crippen LogP contribution in [0.15, 0.2) is 40.3 Å². The number of ether oxygens (including phenoxy) is 1. The molecule has 3 rings (SSSR count). The minimum atomic E-state index is -0.559. The molecule has 1 aliphatic rings. The number of amides is 1. The molecule has 0 unspecified atom stereocenters. The molecule has 2 aromatic carbocycles. The van der Waals surface area contributed by atoms with Crippen LogP contribution in [0.5, 0.6) is 0 Å². The third-order valence-corrected chi connectivity index (χ3v) is 5.68. The standard InChI is InChI=1S/C23H26N2O2/c1-14-15(2)17(4)20-12-22(21(24-5)11-19(20)16(14)3)25-23(26)27-13-18-9-7-6-8-10-18/h6-10H,11-13H2,1-5H3/b24-21+,25-22+. The van der Waals surface area contributed by atoms with Crippen LogP contribution < -0.4 is 0 Å². The van der Waals surface area contributed by atoms with E-state index in [0.29, 0.717) is 18.6 Å². The molecule has 0 saturated carbocycles. The molecular formula is C23H26N2O2. The highest BCUT2D eigenvalue weighted by Crippen LogP contribution is 2.31. The summed E-state index contributed by atoms with van der Waals surface area (Å²) in [7, 11) is 1.76. The average Bonchev–Trinajstić information content (AvgIpc) is 2.69. The number of carbonyl (C=O) groups excluding carboxylic acids is 1. The zero-order valence-electron chi connectivity index (χ0n) is 16.7. The molecule has 0 radical (unpaired) electrons. The summed E-state index contributed by atoms with van der Waals surface area (Å²) in [6.45, 7) is 8.88. The molecule has 1 aliphatic carbocycles. The molecule has 1 amide bonds. The predicted molar refractivity (Wildman–Crippen MR) is 110 cm³/mol. The first-order chi connectivity index (χ1) is 12.9. The van der Waals surface area contributed by atoms with Gasteiger partial charge in [0.1, 0.15) is 6.61 Å². The molecule has 0 aromatic heterocycles. The van der Waals surface area contributed by atoms with Crippen molar-refractivity contribution < 1.29 is 9.53 Å². The van der Waals surface area contributed by atoms with Crippen molar-refractivity contribution in [3.8, 4) is 0 Å². The zero-order valence-corrected chi connectivity index (χ0v) is 16.7. The topological polar surface area (TPSA) is 51.0 Å². The van der Waals surface area contributed by atoms with Crippen molar-refractivity contribution in [2.24, 2.45) is 9.98 Å². The second-order valence-electron chi connectivity index (χ2n) is 7.08. The number of nitrogens with zero attached hydrogens (tertiary/aromatic N) is 2. The SMILES string of the molecule is C/N=C1\Cc2c(C)c(C)c(C)c(C)c2C\C1=N/C(=O)OCc1ccccc1. The zero-order chi connectivity index (χ0) is 19.6. The van der Waals surface area contributed by atoms with E-state index < -0.39 is 6.09 Å². The first-order valence-corrected chi connectivity index (χ1v) is 9.24. The lowest BCUT2D eigenvalue weighted by Crippen LogP contribution is -2.29. The molecule has 4 nitrogen and oxygen atoms in total. The molecule has 4 heteroatoms. The van der Waals surface area contributed by atoms with Gasteiger partial charge in [-0.2, -0.15) is 4.99 Å². The minimum absolute atomic E-state index is 0.224. The van der Waals surface area contributed by atoms with Crippen molar-refractivity contribution in [2.45, 2.75) is 47.1 Å². The Morgan fingerprint density at radius 3 is 2.00 bits per heavy atom. The Balaban J connectivity index is 1.86. The van der Waals surface area contributed by atoms with Crippen molar-refractivity contribution in [1.29, 1.82) is 0 Å². The number of hydrogen-bond acceptors (Lipinski definition) is 3. The molecule has 0 spiro atoms. The van der Waals surface area contributed by atoms with E-state index in [-0.39, 0.29) is 6.61 Å². The summed E-state index contributed by atoms with van der Waals surface area (Å²) in [4.78, 5) is 20.9. The van der Waals surface area contributed by atoms with Gasteiger partial charge in [0.25, 0.3) is 0 Å². The van der Waals surface area contributed by atoms with Crippen molar-refractivity contribution in [3.63, 3.8) is 0 Å². The Morgan fingerprint density at radius 1 is 0.889 bits per heavy atom. The molecular weight excluding hydrogens is 336 g/mol. The van der Waals surface area contributed by atoms with Crippen LogP contribution in [-0.4, -0.2) is 24.6 Å². The molecule has 2 aromatic rings. The number of benzene rings is 2. The van der Waals surface area contributed by atoms with E-state index in [9.17, 15) is 4.79 Å². The van der Waals surface area contributed by atoms with Gasteiger partial charge in [-0.05, 0) is 66.6 Å². The normalized spacial score (nSPS) is 16.5. The second kappa shape index (κ2) is 7.87. The van der Waals surface area contributed by atoms with Gasteiger partial charge in [-0.25, -0.2) is 4.79 Å². The van der Waals surface area contributed by atoms with Crippen LogP contribution in [0.2, 0.25) is 0 Å². The van der Waals surface area contributed by atoms with E-state index in [4.69, 9.17) is 4.74 Å². The summed E-state index contributed by atoms with van der Waals surface area (Å²) in [5, 5.41) is 0. The molecule has 0 aliphatic heterocycles. The Labute approximate surface area is 161 Å². The van der Waals surface area contributed by atoms with E-state index in [2.05, 4.69) is 37.7 Å². The van der Waals surface area contributed by atoms with Gasteiger partial charge in [0.05, 0.1) is 11.4 Å². The van der Waals surface area contributed by atoms with Crippen LogP contribution in [0.25, 0.3) is 0 Å². The number of fused-ring (bicyclic) bond motifs is 1. The fourth-order valence-corrected chi connectivity index (χ4v) is 3.66. The first-order valence-electron chi connectivity index (χ1n) is 9.24. The maximum absolute atomic E-state index is 12.3. The molecule has 0 saturated heterocycles. The van der Waals surface area contributed by atoms with E-state index in [1.165, 1.54) is 33.4 Å². The number of aliphatic imine (C=N–C) groups is 2. The third-order valence-electron chi connectivity index (χ3n) is 5.68. The largest absolute Gasteiger partial charge is 0.443 e. The number of carbonyl (C=O) groups is 1. The summed E-state index contributed by atoms with van der Waals surface area (Å²) >= 11 is 0. The van der Waals surface area contributed by atoms with Crippen molar-refractivity contribution in [1.82, 2.24) is 0 Å². The second-order valence-corrected chi connectivity index (χ2v) is 7.08. The molecule has 0 N–H and O–H groups in total. The maximum Gasteiger partial charge on any atom is 0.434 e. The maximum atomic E-state index is 12.3. The van der Waals surface area contributed by atoms with Crippen LogP contribution in [-0.2, 0) is 24.2 Å². The van der Waals surface area contributed by atoms with Gasteiger partial charge in [0, 0.05) is 19.9 Å². The fraction of sp³-hybridized carbons (Fsp3) is 0.348. The van der Waals surface area contributed by atoms with E-state index in [1.54, 1.807) is 7.05 Å². The van der Waals surface area contributed by atoms with Crippen molar-refractivity contribution >= 4 is 17.5 Å². The van der Waals surface area contributed by atoms with E-state index in [0.717, 1.165) is 11.3 Å². The summed E-state index contributed by atoms with van der Waals surface area (Å²) < 4.78 is 5.33. The Hall–Kier alpha value is -2.75. The van der Waals surface area contributed by atoms with Gasteiger partial charge in [-0.3, -0.25) is 4.99 Å². The third kappa shape index (κ3) is 3.85. The molecule has 0 fully saturated rings. The molecule has 27 heavy (non-hydrogen) atoms. The first kappa shape index (κ1) is 19.0. The van der Waals surface area contributed by atoms with Crippen molar-refractivity contribution in [2.75, 3.05) is 7.05 Å². The van der Waals surface area contributed by atoms with Gasteiger partial charge in [0.2, 0.25) is 0 Å². The predicted octanol–water partition coefficient (Wildman–Crippen LogP) is 4.87. The van der Waals surface area contributed by atoms with Gasteiger partial charge >= 0.3 is 6.09 Å². The van der Waals surface area contributed by atoms with Crippen LogP contribution in [0.3, 0.4) is 0 Å². The lowest BCUT2D eigenvalue weighted by atomic mass is 9.80. The van der Waals surface area contributed by atoms with Crippen LogP contribution in [0.1, 0.15) is 38.9 Å². The number of hydrogen-bond donors (Lipinski definition) is 0. The van der Waals surface area contributed by atoms with E-state index >= 15 is 0 Å². The molecule has 0 atom stereocenters. The highest BCUT2D eigenvalue weighted by atomic mass is 16.5. The summed E-state index contributed by atoms with van der Waals surface area (Å²) in [5.74, 6) is 0. The van der Waals surface area contributed by atoms with Crippen molar-refractivity contribution in [3.05, 3.63) is 69.3 Å². The monoisotopic (exact) mass is 362 g/mol. The van der Waals surface area contributed by atoms with Gasteiger partial charge in [-0.15, -0.1) is 0 Å². The molecule has 0 heterocycles. The molecule has 140 valence electrons. The minimum Gasteiger partial charge on any atom is -0.443 e. The quantitative estimate of drug-likeness (QED) is 0.765. The van der Waals surface area contributed by atoms with Gasteiger partial charge in [-0.1, -0.05) is 30.3 Å². The smallest absolute Gasteiger partial charge is 0.434 e. The highest BCUT2D eigenvalue weighted by molar-refractivity contribution is 6.45. The van der Waals surface area contributed by atoms with Gasteiger partial charge < -0.3 is 4.74 Å². The average molecular weight is 362 g/mol. The summed E-state index contributed by atoms with van der Waals surface area (Å²) in [6, 6.07) is 9.62. The highest BCUT2D eigenvalue weighted by Gasteiger charge is 2.26. The van der Waals surface area contributed by atoms with Crippen LogP contribution >= 0.6 is 0 Å². The summed E-state index contributed by atoms with van der Waals surface area (Å²) in [5.41, 5.74) is 10.4. The van der Waals surface area contributed by atoms with Gasteiger partial charge in [0.15, 0.2) is 0 Å². The Morgan fingerprint density at radius 2 is 1.44 bits per heavy atom. The number of rotatable bonds is 2. The lowest BCUT2D eigenvalue weighted by Gasteiger charge is -2.26. The Kier molecular flexibility index (Phi) is 5.54. The van der Waals surface area contributed by atoms with Crippen LogP contribution in [0.4, 0.5) is 4.79 Å². The van der Waals surface area contributed by atoms with Crippen LogP contribution in [0, 0.1) is 27.7 Å². The summed E-state index contributed by atoms with van der Waals surface area (Å²) in [6.07, 6.45) is 0.775. The lowest BCUT2D eigenvalue weighted by molar-refractivity contribution is 0.151. The molecule has 0 bridgehead atoms.